The van der Waals surface area contributed by atoms with E-state index in [0.29, 0.717) is 24.8 Å². The standard InChI is InChI=1S/C27H31F6NO3/c1-25(2)20(24(35)36)14-22(25)34-12-11-15-3-9-19-16(13-15)4-10-21(23(19)27(31,32)33)37-18-7-5-17(6-8-18)26(28,29)30/h3-4,9-10,13,17-18,20,22,34H,5-8,11-12,14H2,1-2H3,(H,35,36)/t17?,18?,20?,22-/m1/s1. The van der Waals surface area contributed by atoms with Crippen molar-refractivity contribution in [3.63, 3.8) is 0 Å². The highest BCUT2D eigenvalue weighted by Gasteiger charge is 2.51. The van der Waals surface area contributed by atoms with E-state index < -0.39 is 41.8 Å². The van der Waals surface area contributed by atoms with Crippen molar-refractivity contribution in [2.75, 3.05) is 6.54 Å². The number of carboxylic acid groups (broad SMARTS) is 1. The molecule has 1 unspecified atom stereocenters. The van der Waals surface area contributed by atoms with Gasteiger partial charge in [-0.05, 0) is 72.9 Å². The van der Waals surface area contributed by atoms with Gasteiger partial charge in [0.25, 0.3) is 0 Å². The van der Waals surface area contributed by atoms with Gasteiger partial charge in [0, 0.05) is 6.04 Å². The lowest BCUT2D eigenvalue weighted by Gasteiger charge is -2.50. The van der Waals surface area contributed by atoms with Crippen molar-refractivity contribution in [3.05, 3.63) is 41.5 Å². The summed E-state index contributed by atoms with van der Waals surface area (Å²) < 4.78 is 86.6. The van der Waals surface area contributed by atoms with Crippen LogP contribution in [0.2, 0.25) is 0 Å². The van der Waals surface area contributed by atoms with Crippen molar-refractivity contribution in [2.24, 2.45) is 17.3 Å². The molecule has 4 rings (SSSR count). The van der Waals surface area contributed by atoms with Gasteiger partial charge in [0.05, 0.1) is 17.9 Å². The van der Waals surface area contributed by atoms with Crippen molar-refractivity contribution in [1.29, 1.82) is 0 Å². The number of halogens is 6. The summed E-state index contributed by atoms with van der Waals surface area (Å²) in [6.07, 6.45) is -8.81. The van der Waals surface area contributed by atoms with E-state index in [9.17, 15) is 36.2 Å². The third kappa shape index (κ3) is 5.84. The zero-order valence-electron chi connectivity index (χ0n) is 20.7. The zero-order valence-corrected chi connectivity index (χ0v) is 20.7. The fourth-order valence-corrected chi connectivity index (χ4v) is 5.67. The first kappa shape index (κ1) is 27.5. The minimum absolute atomic E-state index is 0.0184. The zero-order chi connectivity index (χ0) is 27.2. The molecule has 0 amide bonds. The van der Waals surface area contributed by atoms with Gasteiger partial charge >= 0.3 is 18.3 Å². The first-order valence-electron chi connectivity index (χ1n) is 12.5. The van der Waals surface area contributed by atoms with E-state index in [-0.39, 0.29) is 48.3 Å². The highest BCUT2D eigenvalue weighted by molar-refractivity contribution is 5.89. The van der Waals surface area contributed by atoms with Crippen LogP contribution in [-0.4, -0.2) is 35.9 Å². The molecule has 37 heavy (non-hydrogen) atoms. The molecule has 4 nitrogen and oxygen atoms in total. The molecule has 2 aromatic carbocycles. The molecular weight excluding hydrogens is 500 g/mol. The third-order valence-corrected chi connectivity index (χ3v) is 8.13. The van der Waals surface area contributed by atoms with E-state index in [1.807, 2.05) is 13.8 Å². The van der Waals surface area contributed by atoms with Crippen LogP contribution in [-0.2, 0) is 17.4 Å². The molecule has 10 heteroatoms. The number of fused-ring (bicyclic) bond motifs is 1. The normalized spacial score (nSPS) is 26.1. The Kier molecular flexibility index (Phi) is 7.44. The predicted molar refractivity (Wildman–Crippen MR) is 126 cm³/mol. The van der Waals surface area contributed by atoms with E-state index in [0.717, 1.165) is 5.56 Å². The van der Waals surface area contributed by atoms with Crippen LogP contribution >= 0.6 is 0 Å². The van der Waals surface area contributed by atoms with Crippen LogP contribution in [0.5, 0.6) is 5.75 Å². The van der Waals surface area contributed by atoms with Gasteiger partial charge in [0.15, 0.2) is 0 Å². The van der Waals surface area contributed by atoms with Gasteiger partial charge in [0.2, 0.25) is 0 Å². The van der Waals surface area contributed by atoms with Crippen LogP contribution in [0.4, 0.5) is 26.3 Å². The van der Waals surface area contributed by atoms with Crippen LogP contribution < -0.4 is 10.1 Å². The van der Waals surface area contributed by atoms with Gasteiger partial charge in [0.1, 0.15) is 11.3 Å². The maximum Gasteiger partial charge on any atom is 0.420 e. The molecule has 0 heterocycles. The molecule has 0 spiro atoms. The molecule has 0 bridgehead atoms. The SMILES string of the molecule is CC1(C)C(C(=O)O)C[C@H]1NCCc1ccc2c(C(F)(F)F)c(OC3CCC(C(F)(F)F)CC3)ccc2c1. The molecule has 2 aliphatic rings. The Morgan fingerprint density at radius 2 is 1.73 bits per heavy atom. The second-order valence-corrected chi connectivity index (χ2v) is 10.8. The quantitative estimate of drug-likeness (QED) is 0.378. The van der Waals surface area contributed by atoms with E-state index in [2.05, 4.69) is 5.32 Å². The van der Waals surface area contributed by atoms with Gasteiger partial charge in [-0.1, -0.05) is 38.1 Å². The number of hydrogen-bond donors (Lipinski definition) is 2. The molecule has 2 aromatic rings. The monoisotopic (exact) mass is 531 g/mol. The summed E-state index contributed by atoms with van der Waals surface area (Å²) in [5.74, 6) is -3.00. The molecular formula is C27H31F6NO3. The molecule has 204 valence electrons. The van der Waals surface area contributed by atoms with Crippen LogP contribution in [0.15, 0.2) is 30.3 Å². The Morgan fingerprint density at radius 1 is 1.05 bits per heavy atom. The molecule has 2 N–H and O–H groups in total. The lowest BCUT2D eigenvalue weighted by molar-refractivity contribution is -0.185. The van der Waals surface area contributed by atoms with Gasteiger partial charge < -0.3 is 15.2 Å². The lowest BCUT2D eigenvalue weighted by Crippen LogP contribution is -2.59. The predicted octanol–water partition coefficient (Wildman–Crippen LogP) is 6.99. The molecule has 2 aliphatic carbocycles. The number of nitrogens with one attached hydrogen (secondary N) is 1. The summed E-state index contributed by atoms with van der Waals surface area (Å²) >= 11 is 0. The third-order valence-electron chi connectivity index (χ3n) is 8.13. The second-order valence-electron chi connectivity index (χ2n) is 10.8. The van der Waals surface area contributed by atoms with Crippen LogP contribution in [0.3, 0.4) is 0 Å². The van der Waals surface area contributed by atoms with E-state index in [1.54, 1.807) is 18.2 Å². The number of ether oxygens (including phenoxy) is 1. The van der Waals surface area contributed by atoms with Gasteiger partial charge in [-0.15, -0.1) is 0 Å². The van der Waals surface area contributed by atoms with Crippen molar-refractivity contribution in [2.45, 2.75) is 76.9 Å². The van der Waals surface area contributed by atoms with Crippen molar-refractivity contribution < 1.29 is 41.0 Å². The fourth-order valence-electron chi connectivity index (χ4n) is 5.67. The summed E-state index contributed by atoms with van der Waals surface area (Å²) in [6, 6.07) is 7.59. The summed E-state index contributed by atoms with van der Waals surface area (Å²) in [7, 11) is 0. The molecule has 0 aliphatic heterocycles. The first-order valence-corrected chi connectivity index (χ1v) is 12.5. The Labute approximate surface area is 211 Å². The van der Waals surface area contributed by atoms with Crippen LogP contribution in [0, 0.1) is 17.3 Å². The van der Waals surface area contributed by atoms with Crippen LogP contribution in [0.25, 0.3) is 10.8 Å². The number of aliphatic carboxylic acids is 1. The van der Waals surface area contributed by atoms with Crippen molar-refractivity contribution in [1.82, 2.24) is 5.32 Å². The van der Waals surface area contributed by atoms with Gasteiger partial charge in [-0.3, -0.25) is 4.79 Å². The van der Waals surface area contributed by atoms with Crippen molar-refractivity contribution >= 4 is 16.7 Å². The Hall–Kier alpha value is -2.49. The molecule has 2 fully saturated rings. The summed E-state index contributed by atoms with van der Waals surface area (Å²) in [5.41, 5.74) is -0.457. The average molecular weight is 532 g/mol. The number of hydrogen-bond acceptors (Lipinski definition) is 3. The number of carbonyl (C=O) groups is 1. The fraction of sp³-hybridized carbons (Fsp3) is 0.593. The number of alkyl halides is 6. The maximum atomic E-state index is 14.1. The summed E-state index contributed by atoms with van der Waals surface area (Å²) in [4.78, 5) is 11.3. The summed E-state index contributed by atoms with van der Waals surface area (Å²) in [5, 5.41) is 13.0. The maximum absolute atomic E-state index is 14.1. The molecule has 2 atom stereocenters. The van der Waals surface area contributed by atoms with E-state index >= 15 is 0 Å². The number of carboxylic acids is 1. The largest absolute Gasteiger partial charge is 0.490 e. The minimum atomic E-state index is -4.70. The second kappa shape index (κ2) is 10.0. The van der Waals surface area contributed by atoms with Crippen LogP contribution in [0.1, 0.15) is 57.1 Å². The van der Waals surface area contributed by atoms with E-state index in [1.165, 1.54) is 12.1 Å². The average Bonchev–Trinajstić information content (AvgIpc) is 2.79. The Morgan fingerprint density at radius 3 is 2.30 bits per heavy atom. The summed E-state index contributed by atoms with van der Waals surface area (Å²) in [6.45, 7) is 4.37. The number of benzene rings is 2. The molecule has 0 saturated heterocycles. The number of rotatable bonds is 7. The Bertz CT molecular complexity index is 1140. The van der Waals surface area contributed by atoms with Crippen molar-refractivity contribution in [3.8, 4) is 5.75 Å². The van der Waals surface area contributed by atoms with Gasteiger partial charge in [-0.2, -0.15) is 26.3 Å². The highest BCUT2D eigenvalue weighted by Crippen LogP contribution is 2.46. The highest BCUT2D eigenvalue weighted by atomic mass is 19.4. The molecule has 0 radical (unpaired) electrons. The van der Waals surface area contributed by atoms with E-state index in [4.69, 9.17) is 4.74 Å². The lowest BCUT2D eigenvalue weighted by atomic mass is 9.58. The molecule has 2 saturated carbocycles. The topological polar surface area (TPSA) is 58.6 Å². The Balaban J connectivity index is 1.45. The smallest absolute Gasteiger partial charge is 0.420 e. The minimum Gasteiger partial charge on any atom is -0.490 e. The van der Waals surface area contributed by atoms with Gasteiger partial charge in [-0.25, -0.2) is 0 Å². The first-order chi connectivity index (χ1) is 17.2. The molecule has 0 aromatic heterocycles.